The van der Waals surface area contributed by atoms with Crippen molar-refractivity contribution in [3.05, 3.63) is 23.8 Å². The van der Waals surface area contributed by atoms with Crippen molar-refractivity contribution in [2.24, 2.45) is 11.8 Å². The number of nitrogens with zero attached hydrogens (tertiary/aromatic N) is 1. The Morgan fingerprint density at radius 3 is 2.40 bits per heavy atom. The average Bonchev–Trinajstić information content (AvgIpc) is 2.89. The molecule has 2 aliphatic rings. The van der Waals surface area contributed by atoms with Crippen molar-refractivity contribution in [3.63, 3.8) is 0 Å². The molecule has 0 aromatic heterocycles. The summed E-state index contributed by atoms with van der Waals surface area (Å²) < 4.78 is 6.76. The van der Waals surface area contributed by atoms with Crippen LogP contribution in [0.15, 0.2) is 23.8 Å². The second-order valence-corrected chi connectivity index (χ2v) is 9.83. The molecule has 1 heterocycles. The Morgan fingerprint density at radius 1 is 1.17 bits per heavy atom. The van der Waals surface area contributed by atoms with Gasteiger partial charge in [0.25, 0.3) is 0 Å². The Morgan fingerprint density at radius 2 is 1.87 bits per heavy atom. The lowest BCUT2D eigenvalue weighted by molar-refractivity contribution is -0.139. The highest BCUT2D eigenvalue weighted by atomic mass is 16.5. The second kappa shape index (κ2) is 9.99. The van der Waals surface area contributed by atoms with E-state index in [1.807, 2.05) is 6.08 Å². The molecule has 30 heavy (non-hydrogen) atoms. The highest BCUT2D eigenvalue weighted by molar-refractivity contribution is 5.76. The number of unbranched alkanes of at least 4 members (excludes halogenated alkanes) is 3. The summed E-state index contributed by atoms with van der Waals surface area (Å²) in [5, 5.41) is 9.81. The van der Waals surface area contributed by atoms with E-state index in [4.69, 9.17) is 4.74 Å². The van der Waals surface area contributed by atoms with E-state index in [0.29, 0.717) is 6.61 Å². The van der Waals surface area contributed by atoms with Crippen LogP contribution in [0.4, 0.5) is 0 Å². The maximum Gasteiger partial charge on any atom is 0.314 e. The molecule has 1 saturated heterocycles. The standard InChI is InChI=1S/C26H45NO3/c1-8-12-13-14-16-25(6)26(7,10-3)30-19-21-18-20(9-2)22(23(28)29)15-17-24(21,5)27(25)11-4/h15,17-18,21-22H,8-14,16,19H2,1-7H3,(H,28,29)/t21-,22+,24?,25?,26?/m1/s1. The van der Waals surface area contributed by atoms with Gasteiger partial charge in [0.1, 0.15) is 0 Å². The first-order valence-corrected chi connectivity index (χ1v) is 12.2. The van der Waals surface area contributed by atoms with Crippen molar-refractivity contribution in [1.29, 1.82) is 0 Å². The fraction of sp³-hybridized carbons (Fsp3) is 0.808. The molecule has 3 unspecified atom stereocenters. The van der Waals surface area contributed by atoms with E-state index >= 15 is 0 Å². The van der Waals surface area contributed by atoms with Crippen LogP contribution in [0, 0.1) is 11.8 Å². The summed E-state index contributed by atoms with van der Waals surface area (Å²) in [4.78, 5) is 14.6. The highest BCUT2D eigenvalue weighted by Gasteiger charge is 2.56. The molecule has 4 nitrogen and oxygen atoms in total. The number of carbonyl (C=O) groups is 1. The number of hydrogen-bond acceptors (Lipinski definition) is 3. The van der Waals surface area contributed by atoms with Crippen molar-refractivity contribution in [3.8, 4) is 0 Å². The molecule has 0 aromatic rings. The third-order valence-electron chi connectivity index (χ3n) is 8.27. The van der Waals surface area contributed by atoms with E-state index in [1.54, 1.807) is 0 Å². The number of carboxylic acids is 1. The Bertz CT molecular complexity index is 657. The number of ether oxygens (including phenoxy) is 1. The Labute approximate surface area is 184 Å². The van der Waals surface area contributed by atoms with Gasteiger partial charge in [0, 0.05) is 17.0 Å². The second-order valence-electron chi connectivity index (χ2n) is 9.83. The summed E-state index contributed by atoms with van der Waals surface area (Å²) >= 11 is 0. The van der Waals surface area contributed by atoms with Crippen LogP contribution in [0.5, 0.6) is 0 Å². The van der Waals surface area contributed by atoms with E-state index < -0.39 is 11.9 Å². The molecule has 0 amide bonds. The van der Waals surface area contributed by atoms with Crippen molar-refractivity contribution in [2.75, 3.05) is 13.2 Å². The first-order chi connectivity index (χ1) is 14.1. The van der Waals surface area contributed by atoms with Gasteiger partial charge in [-0.15, -0.1) is 0 Å². The largest absolute Gasteiger partial charge is 0.481 e. The van der Waals surface area contributed by atoms with E-state index in [2.05, 4.69) is 65.5 Å². The predicted octanol–water partition coefficient (Wildman–Crippen LogP) is 6.22. The minimum Gasteiger partial charge on any atom is -0.481 e. The van der Waals surface area contributed by atoms with Crippen LogP contribution in [0.25, 0.3) is 0 Å². The van der Waals surface area contributed by atoms with Gasteiger partial charge < -0.3 is 9.84 Å². The van der Waals surface area contributed by atoms with Crippen molar-refractivity contribution < 1.29 is 14.6 Å². The molecule has 0 saturated carbocycles. The van der Waals surface area contributed by atoms with Gasteiger partial charge in [-0.25, -0.2) is 0 Å². The van der Waals surface area contributed by atoms with Crippen LogP contribution in [0.3, 0.4) is 0 Å². The van der Waals surface area contributed by atoms with Gasteiger partial charge in [0.05, 0.1) is 18.1 Å². The van der Waals surface area contributed by atoms with E-state index in [0.717, 1.165) is 31.4 Å². The molecule has 0 spiro atoms. The molecule has 1 aliphatic carbocycles. The molecule has 1 aliphatic heterocycles. The quantitative estimate of drug-likeness (QED) is 0.356. The molecule has 4 heteroatoms. The van der Waals surface area contributed by atoms with Crippen LogP contribution in [-0.4, -0.2) is 45.8 Å². The van der Waals surface area contributed by atoms with Gasteiger partial charge in [-0.05, 0) is 46.6 Å². The van der Waals surface area contributed by atoms with E-state index in [9.17, 15) is 9.90 Å². The highest BCUT2D eigenvalue weighted by Crippen LogP contribution is 2.49. The van der Waals surface area contributed by atoms with Gasteiger partial charge in [-0.2, -0.15) is 0 Å². The summed E-state index contributed by atoms with van der Waals surface area (Å²) in [6, 6.07) is 0. The van der Waals surface area contributed by atoms with Gasteiger partial charge in [-0.1, -0.05) is 77.2 Å². The normalized spacial score (nSPS) is 37.2. The third-order valence-corrected chi connectivity index (χ3v) is 8.27. The zero-order chi connectivity index (χ0) is 22.6. The fourth-order valence-corrected chi connectivity index (χ4v) is 5.87. The van der Waals surface area contributed by atoms with Crippen LogP contribution >= 0.6 is 0 Å². The SMILES string of the molecule is CCCCCCC1(C)N(CC)C2(C)C=C[C@H](C(=O)O)C(CC)=C[C@@H]2COC1(C)CC. The van der Waals surface area contributed by atoms with Crippen molar-refractivity contribution in [1.82, 2.24) is 4.90 Å². The fourth-order valence-electron chi connectivity index (χ4n) is 5.87. The minimum absolute atomic E-state index is 0.124. The smallest absolute Gasteiger partial charge is 0.314 e. The van der Waals surface area contributed by atoms with Gasteiger partial charge in [0.2, 0.25) is 0 Å². The maximum atomic E-state index is 11.9. The van der Waals surface area contributed by atoms with Crippen LogP contribution in [0.1, 0.15) is 93.4 Å². The molecular formula is C26H45NO3. The summed E-state index contributed by atoms with van der Waals surface area (Å²) in [6.07, 6.45) is 14.1. The molecule has 0 aromatic carbocycles. The minimum atomic E-state index is -0.760. The number of fused-ring (bicyclic) bond motifs is 1. The number of hydrogen-bond donors (Lipinski definition) is 1. The molecular weight excluding hydrogens is 374 g/mol. The van der Waals surface area contributed by atoms with Gasteiger partial charge in [0.15, 0.2) is 0 Å². The van der Waals surface area contributed by atoms with Crippen molar-refractivity contribution in [2.45, 2.75) is 110 Å². The number of rotatable bonds is 9. The zero-order valence-electron chi connectivity index (χ0n) is 20.5. The molecule has 172 valence electrons. The van der Waals surface area contributed by atoms with Crippen LogP contribution in [0.2, 0.25) is 0 Å². The molecule has 5 atom stereocenters. The van der Waals surface area contributed by atoms with Crippen LogP contribution in [-0.2, 0) is 9.53 Å². The van der Waals surface area contributed by atoms with E-state index in [-0.39, 0.29) is 22.6 Å². The average molecular weight is 420 g/mol. The molecule has 1 fully saturated rings. The molecule has 0 bridgehead atoms. The predicted molar refractivity (Wildman–Crippen MR) is 125 cm³/mol. The van der Waals surface area contributed by atoms with Gasteiger partial charge >= 0.3 is 5.97 Å². The summed E-state index contributed by atoms with van der Waals surface area (Å²) in [6.45, 7) is 17.3. The lowest BCUT2D eigenvalue weighted by Gasteiger charge is -2.56. The lowest BCUT2D eigenvalue weighted by Crippen LogP contribution is -2.66. The lowest BCUT2D eigenvalue weighted by atomic mass is 9.72. The monoisotopic (exact) mass is 419 g/mol. The number of aliphatic carboxylic acids is 1. The Hall–Kier alpha value is -1.13. The zero-order valence-corrected chi connectivity index (χ0v) is 20.5. The summed E-state index contributed by atoms with van der Waals surface area (Å²) in [7, 11) is 0. The van der Waals surface area contributed by atoms with E-state index in [1.165, 1.54) is 25.7 Å². The first kappa shape index (κ1) is 25.1. The maximum absolute atomic E-state index is 11.9. The summed E-state index contributed by atoms with van der Waals surface area (Å²) in [5.74, 6) is -1.16. The number of carboxylic acid groups (broad SMARTS) is 1. The molecule has 1 N–H and O–H groups in total. The first-order valence-electron chi connectivity index (χ1n) is 12.2. The number of likely N-dealkylation sites (N-methyl/N-ethyl adjacent to an activating group) is 1. The van der Waals surface area contributed by atoms with Crippen LogP contribution < -0.4 is 0 Å². The Kier molecular flexibility index (Phi) is 8.37. The topological polar surface area (TPSA) is 49.8 Å². The third kappa shape index (κ3) is 4.41. The van der Waals surface area contributed by atoms with Gasteiger partial charge in [-0.3, -0.25) is 9.69 Å². The van der Waals surface area contributed by atoms with Crippen molar-refractivity contribution >= 4 is 5.97 Å². The Balaban J connectivity index is 2.57. The summed E-state index contributed by atoms with van der Waals surface area (Å²) in [5.41, 5.74) is 0.356. The molecule has 0 radical (unpaired) electrons. The molecule has 2 rings (SSSR count).